The van der Waals surface area contributed by atoms with Gasteiger partial charge in [-0.25, -0.2) is 4.98 Å². The monoisotopic (exact) mass is 400 g/mol. The van der Waals surface area contributed by atoms with Gasteiger partial charge in [0.2, 0.25) is 5.91 Å². The van der Waals surface area contributed by atoms with E-state index in [4.69, 9.17) is 10.7 Å². The minimum atomic E-state index is -0.531. The van der Waals surface area contributed by atoms with E-state index in [0.717, 1.165) is 36.3 Å². The second-order valence-corrected chi connectivity index (χ2v) is 8.56. The lowest BCUT2D eigenvalue weighted by molar-refractivity contribution is -0.118. The van der Waals surface area contributed by atoms with Crippen LogP contribution in [0.4, 0.5) is 5.00 Å². The maximum atomic E-state index is 12.6. The molecular formula is C19H20N4O2S2. The molecule has 27 heavy (non-hydrogen) atoms. The maximum Gasteiger partial charge on any atom is 0.251 e. The van der Waals surface area contributed by atoms with Gasteiger partial charge in [-0.3, -0.25) is 14.5 Å². The van der Waals surface area contributed by atoms with Gasteiger partial charge in [-0.05, 0) is 43.0 Å². The lowest BCUT2D eigenvalue weighted by Crippen LogP contribution is -2.39. The van der Waals surface area contributed by atoms with Gasteiger partial charge in [-0.15, -0.1) is 22.7 Å². The molecule has 0 aliphatic carbocycles. The lowest BCUT2D eigenvalue weighted by Gasteiger charge is -2.33. The molecule has 1 saturated heterocycles. The lowest BCUT2D eigenvalue weighted by atomic mass is 10.0. The molecular weight excluding hydrogens is 380 g/mol. The molecule has 3 heterocycles. The van der Waals surface area contributed by atoms with Gasteiger partial charge in [-0.1, -0.05) is 18.6 Å². The molecule has 1 aliphatic heterocycles. The number of nitrogens with zero attached hydrogens (tertiary/aromatic N) is 2. The molecule has 3 aromatic rings. The van der Waals surface area contributed by atoms with E-state index in [9.17, 15) is 9.59 Å². The first kappa shape index (κ1) is 18.1. The molecule has 0 unspecified atom stereocenters. The fraction of sp³-hybridized carbons (Fsp3) is 0.316. The summed E-state index contributed by atoms with van der Waals surface area (Å²) in [5, 5.41) is 6.17. The fourth-order valence-electron chi connectivity index (χ4n) is 3.44. The van der Waals surface area contributed by atoms with Gasteiger partial charge >= 0.3 is 0 Å². The smallest absolute Gasteiger partial charge is 0.251 e. The van der Waals surface area contributed by atoms with Crippen LogP contribution in [0.25, 0.3) is 10.2 Å². The molecule has 0 saturated carbocycles. The number of likely N-dealkylation sites (tertiary alicyclic amines) is 1. The Kier molecular flexibility index (Phi) is 5.20. The predicted octanol–water partition coefficient (Wildman–Crippen LogP) is 3.62. The molecule has 1 fully saturated rings. The van der Waals surface area contributed by atoms with Crippen molar-refractivity contribution < 1.29 is 9.59 Å². The first-order valence-electron chi connectivity index (χ1n) is 8.88. The van der Waals surface area contributed by atoms with E-state index in [2.05, 4.69) is 16.3 Å². The van der Waals surface area contributed by atoms with Crippen molar-refractivity contribution in [2.75, 3.05) is 18.4 Å². The van der Waals surface area contributed by atoms with Crippen molar-refractivity contribution in [3.8, 4) is 0 Å². The van der Waals surface area contributed by atoms with Crippen molar-refractivity contribution in [2.24, 2.45) is 5.73 Å². The van der Waals surface area contributed by atoms with Gasteiger partial charge in [0.15, 0.2) is 0 Å². The Hall–Kier alpha value is -2.29. The Labute approximate surface area is 165 Å². The Balaban J connectivity index is 1.49. The molecule has 8 heteroatoms. The van der Waals surface area contributed by atoms with Gasteiger partial charge in [0.25, 0.3) is 5.91 Å². The quantitative estimate of drug-likeness (QED) is 0.685. The summed E-state index contributed by atoms with van der Waals surface area (Å²) in [5.74, 6) is -0.662. The highest BCUT2D eigenvalue weighted by atomic mass is 32.1. The normalized spacial score (nSPS) is 17.9. The Bertz CT molecular complexity index is 948. The second-order valence-electron chi connectivity index (χ2n) is 6.58. The number of carbonyl (C=O) groups excluding carboxylic acids is 2. The van der Waals surface area contributed by atoms with Crippen LogP contribution < -0.4 is 11.1 Å². The van der Waals surface area contributed by atoms with Crippen molar-refractivity contribution in [1.29, 1.82) is 0 Å². The Morgan fingerprint density at radius 1 is 1.26 bits per heavy atom. The molecule has 0 radical (unpaired) electrons. The predicted molar refractivity (Wildman–Crippen MR) is 109 cm³/mol. The number of thiophene rings is 1. The van der Waals surface area contributed by atoms with E-state index in [1.165, 1.54) is 16.0 Å². The summed E-state index contributed by atoms with van der Waals surface area (Å²) in [6.45, 7) is 1.14. The highest BCUT2D eigenvalue weighted by Gasteiger charge is 2.28. The van der Waals surface area contributed by atoms with E-state index >= 15 is 0 Å². The topological polar surface area (TPSA) is 88.3 Å². The van der Waals surface area contributed by atoms with E-state index in [0.29, 0.717) is 10.6 Å². The number of carbonyl (C=O) groups is 2. The standard InChI is InChI=1S/C19H20N4O2S2/c20-17(25)12-8-10-26-18(12)22-16(24)11-23-9-4-3-6-14(23)19-21-13-5-1-2-7-15(13)27-19/h1-2,5,7-8,10,14H,3-4,6,9,11H2,(H2,20,25)(H,22,24)/t14-/m0/s1. The molecule has 1 atom stereocenters. The molecule has 140 valence electrons. The summed E-state index contributed by atoms with van der Waals surface area (Å²) in [6, 6.07) is 9.91. The Morgan fingerprint density at radius 2 is 2.11 bits per heavy atom. The van der Waals surface area contributed by atoms with Crippen LogP contribution in [-0.4, -0.2) is 34.8 Å². The molecule has 2 aromatic heterocycles. The van der Waals surface area contributed by atoms with E-state index in [-0.39, 0.29) is 18.5 Å². The zero-order valence-electron chi connectivity index (χ0n) is 14.7. The van der Waals surface area contributed by atoms with Gasteiger partial charge in [0.1, 0.15) is 10.0 Å². The zero-order valence-corrected chi connectivity index (χ0v) is 16.3. The fourth-order valence-corrected chi connectivity index (χ4v) is 5.39. The van der Waals surface area contributed by atoms with Crippen LogP contribution in [0.2, 0.25) is 0 Å². The first-order valence-corrected chi connectivity index (χ1v) is 10.6. The van der Waals surface area contributed by atoms with Crippen LogP contribution >= 0.6 is 22.7 Å². The number of piperidine rings is 1. The zero-order chi connectivity index (χ0) is 18.8. The molecule has 0 bridgehead atoms. The number of para-hydroxylation sites is 1. The number of amides is 2. The van der Waals surface area contributed by atoms with Crippen LogP contribution in [0.3, 0.4) is 0 Å². The van der Waals surface area contributed by atoms with E-state index in [1.54, 1.807) is 22.8 Å². The van der Waals surface area contributed by atoms with E-state index in [1.807, 2.05) is 18.2 Å². The van der Waals surface area contributed by atoms with Gasteiger partial charge in [0.05, 0.1) is 28.4 Å². The number of hydrogen-bond donors (Lipinski definition) is 2. The molecule has 2 amide bonds. The average Bonchev–Trinajstić information content (AvgIpc) is 3.28. The first-order chi connectivity index (χ1) is 13.1. The summed E-state index contributed by atoms with van der Waals surface area (Å²) in [7, 11) is 0. The minimum Gasteiger partial charge on any atom is -0.366 e. The van der Waals surface area contributed by atoms with Crippen molar-refractivity contribution in [2.45, 2.75) is 25.3 Å². The SMILES string of the molecule is NC(=O)c1ccsc1NC(=O)CN1CCCC[C@H]1c1nc2ccccc2s1. The third-order valence-corrected chi connectivity index (χ3v) is 6.71. The summed E-state index contributed by atoms with van der Waals surface area (Å²) in [6.07, 6.45) is 3.20. The number of aromatic nitrogens is 1. The van der Waals surface area contributed by atoms with Crippen LogP contribution in [0, 0.1) is 0 Å². The average molecular weight is 401 g/mol. The molecule has 6 nitrogen and oxygen atoms in total. The van der Waals surface area contributed by atoms with Gasteiger partial charge in [-0.2, -0.15) is 0 Å². The minimum absolute atomic E-state index is 0.132. The maximum absolute atomic E-state index is 12.6. The molecule has 3 N–H and O–H groups in total. The largest absolute Gasteiger partial charge is 0.366 e. The Morgan fingerprint density at radius 3 is 2.93 bits per heavy atom. The molecule has 1 aliphatic rings. The third-order valence-electron chi connectivity index (χ3n) is 4.74. The number of benzene rings is 1. The van der Waals surface area contributed by atoms with Gasteiger partial charge < -0.3 is 11.1 Å². The highest BCUT2D eigenvalue weighted by Crippen LogP contribution is 2.35. The third kappa shape index (κ3) is 3.87. The molecule has 1 aromatic carbocycles. The highest BCUT2D eigenvalue weighted by molar-refractivity contribution is 7.18. The summed E-state index contributed by atoms with van der Waals surface area (Å²) in [4.78, 5) is 31.0. The van der Waals surface area contributed by atoms with Crippen molar-refractivity contribution in [3.05, 3.63) is 46.3 Å². The number of nitrogens with one attached hydrogen (secondary N) is 1. The second kappa shape index (κ2) is 7.75. The molecule has 0 spiro atoms. The summed E-state index contributed by atoms with van der Waals surface area (Å²) >= 11 is 3.01. The summed E-state index contributed by atoms with van der Waals surface area (Å²) < 4.78 is 1.17. The number of thiazole rings is 1. The summed E-state index contributed by atoms with van der Waals surface area (Å²) in [5.41, 5.74) is 6.72. The van der Waals surface area contributed by atoms with Crippen LogP contribution in [0.1, 0.15) is 40.7 Å². The number of fused-ring (bicyclic) bond motifs is 1. The van der Waals surface area contributed by atoms with Crippen molar-refractivity contribution >= 4 is 49.7 Å². The van der Waals surface area contributed by atoms with Gasteiger partial charge in [0, 0.05) is 0 Å². The van der Waals surface area contributed by atoms with E-state index < -0.39 is 5.91 Å². The number of primary amides is 1. The van der Waals surface area contributed by atoms with Crippen LogP contribution in [0.15, 0.2) is 35.7 Å². The number of nitrogens with two attached hydrogens (primary N) is 1. The van der Waals surface area contributed by atoms with Crippen molar-refractivity contribution in [1.82, 2.24) is 9.88 Å². The number of rotatable bonds is 5. The number of anilines is 1. The van der Waals surface area contributed by atoms with Crippen LogP contribution in [0.5, 0.6) is 0 Å². The number of hydrogen-bond acceptors (Lipinski definition) is 6. The van der Waals surface area contributed by atoms with Crippen molar-refractivity contribution in [3.63, 3.8) is 0 Å². The molecule has 4 rings (SSSR count). The van der Waals surface area contributed by atoms with Crippen LogP contribution in [-0.2, 0) is 4.79 Å².